The quantitative estimate of drug-likeness (QED) is 0.542. The minimum atomic E-state index is -0.680. The summed E-state index contributed by atoms with van der Waals surface area (Å²) in [5.74, 6) is -1.27. The normalized spacial score (nSPS) is 11.5. The van der Waals surface area contributed by atoms with Gasteiger partial charge in [0.2, 0.25) is 11.8 Å². The number of ether oxygens (including phenoxy) is 1. The van der Waals surface area contributed by atoms with Gasteiger partial charge >= 0.3 is 5.97 Å². The van der Waals surface area contributed by atoms with E-state index in [2.05, 4.69) is 20.7 Å². The highest BCUT2D eigenvalue weighted by Gasteiger charge is 2.20. The number of anilines is 2. The van der Waals surface area contributed by atoms with Gasteiger partial charge in [-0.2, -0.15) is 5.10 Å². The summed E-state index contributed by atoms with van der Waals surface area (Å²) in [6, 6.07) is 11.4. The third kappa shape index (κ3) is 6.38. The molecule has 1 aromatic heterocycles. The maximum absolute atomic E-state index is 13.0. The molecule has 0 aliphatic rings. The van der Waals surface area contributed by atoms with E-state index < -0.39 is 12.1 Å². The summed E-state index contributed by atoms with van der Waals surface area (Å²) in [7, 11) is 0. The third-order valence-corrected chi connectivity index (χ3v) is 4.37. The van der Waals surface area contributed by atoms with Gasteiger partial charge in [-0.05, 0) is 35.9 Å². The molecule has 1 atom stereocenters. The van der Waals surface area contributed by atoms with Crippen LogP contribution in [-0.4, -0.2) is 32.5 Å². The average molecular weight is 442 g/mol. The molecule has 0 spiro atoms. The molecular formula is C21H20ClN5O4. The van der Waals surface area contributed by atoms with Crippen LogP contribution in [0, 0.1) is 0 Å². The molecule has 2 amide bonds. The van der Waals surface area contributed by atoms with Crippen molar-refractivity contribution in [2.75, 3.05) is 10.6 Å². The number of hydrogen-bond donors (Lipinski definition) is 2. The Morgan fingerprint density at radius 3 is 2.16 bits per heavy atom. The lowest BCUT2D eigenvalue weighted by Crippen LogP contribution is -2.18. The first kappa shape index (κ1) is 22.0. The van der Waals surface area contributed by atoms with Gasteiger partial charge in [-0.3, -0.25) is 9.59 Å². The lowest BCUT2D eigenvalue weighted by molar-refractivity contribution is -0.115. The van der Waals surface area contributed by atoms with Crippen LogP contribution in [0.3, 0.4) is 0 Å². The van der Waals surface area contributed by atoms with Gasteiger partial charge in [0.15, 0.2) is 0 Å². The topological polar surface area (TPSA) is 115 Å². The van der Waals surface area contributed by atoms with Crippen molar-refractivity contribution in [1.29, 1.82) is 0 Å². The number of rotatable bonds is 7. The second kappa shape index (κ2) is 9.86. The molecule has 10 heteroatoms. The molecule has 3 rings (SSSR count). The van der Waals surface area contributed by atoms with E-state index in [9.17, 15) is 14.4 Å². The molecule has 0 radical (unpaired) electrons. The first-order valence-electron chi connectivity index (χ1n) is 9.29. The molecule has 0 saturated heterocycles. The van der Waals surface area contributed by atoms with Crippen LogP contribution in [0.2, 0.25) is 5.02 Å². The molecule has 2 N–H and O–H groups in total. The predicted octanol–water partition coefficient (Wildman–Crippen LogP) is 3.45. The number of carbonyl (C=O) groups is 3. The Morgan fingerprint density at radius 1 is 1.03 bits per heavy atom. The van der Waals surface area contributed by atoms with Crippen LogP contribution >= 0.6 is 11.6 Å². The van der Waals surface area contributed by atoms with Crippen molar-refractivity contribution in [1.82, 2.24) is 14.8 Å². The zero-order chi connectivity index (χ0) is 22.4. The van der Waals surface area contributed by atoms with Gasteiger partial charge in [0.05, 0.1) is 12.1 Å². The summed E-state index contributed by atoms with van der Waals surface area (Å²) in [6.07, 6.45) is 2.22. The van der Waals surface area contributed by atoms with E-state index in [0.29, 0.717) is 22.0 Å². The largest absolute Gasteiger partial charge is 0.452 e. The molecule has 31 heavy (non-hydrogen) atoms. The molecule has 160 valence electrons. The monoisotopic (exact) mass is 441 g/mol. The van der Waals surface area contributed by atoms with Crippen LogP contribution in [-0.2, 0) is 20.9 Å². The minimum Gasteiger partial charge on any atom is -0.452 e. The number of benzene rings is 2. The molecule has 0 fully saturated rings. The maximum Gasteiger partial charge on any atom is 0.338 e. The number of hydrogen-bond acceptors (Lipinski definition) is 6. The molecule has 0 aliphatic carbocycles. The predicted molar refractivity (Wildman–Crippen MR) is 115 cm³/mol. The molecule has 1 heterocycles. The van der Waals surface area contributed by atoms with E-state index >= 15 is 0 Å². The summed E-state index contributed by atoms with van der Waals surface area (Å²) in [6.45, 7) is 2.92. The van der Waals surface area contributed by atoms with Crippen LogP contribution in [0.5, 0.6) is 0 Å². The summed E-state index contributed by atoms with van der Waals surface area (Å²) in [5.41, 5.74) is 1.58. The number of nitrogens with one attached hydrogen (secondary N) is 2. The molecule has 0 saturated carbocycles. The molecule has 1 unspecified atom stereocenters. The Hall–Kier alpha value is -3.72. The number of esters is 1. The van der Waals surface area contributed by atoms with Gasteiger partial charge in [0.25, 0.3) is 0 Å². The zero-order valence-corrected chi connectivity index (χ0v) is 17.6. The van der Waals surface area contributed by atoms with E-state index in [0.717, 1.165) is 0 Å². The van der Waals surface area contributed by atoms with Crippen LogP contribution in [0.4, 0.5) is 11.4 Å². The van der Waals surface area contributed by atoms with Gasteiger partial charge in [0.1, 0.15) is 18.8 Å². The Balaban J connectivity index is 1.90. The fourth-order valence-corrected chi connectivity index (χ4v) is 3.00. The number of amides is 2. The maximum atomic E-state index is 13.0. The van der Waals surface area contributed by atoms with Gasteiger partial charge < -0.3 is 15.4 Å². The minimum absolute atomic E-state index is 0.160. The molecule has 9 nitrogen and oxygen atoms in total. The van der Waals surface area contributed by atoms with Crippen LogP contribution < -0.4 is 10.6 Å². The van der Waals surface area contributed by atoms with Crippen molar-refractivity contribution in [3.63, 3.8) is 0 Å². The summed E-state index contributed by atoms with van der Waals surface area (Å²) in [4.78, 5) is 39.8. The van der Waals surface area contributed by atoms with Crippen molar-refractivity contribution in [3.8, 4) is 0 Å². The van der Waals surface area contributed by atoms with Crippen LogP contribution in [0.1, 0.15) is 35.9 Å². The fraction of sp³-hybridized carbons (Fsp3) is 0.190. The van der Waals surface area contributed by atoms with Gasteiger partial charge in [0, 0.05) is 30.2 Å². The Morgan fingerprint density at radius 2 is 1.65 bits per heavy atom. The highest BCUT2D eigenvalue weighted by molar-refractivity contribution is 6.30. The van der Waals surface area contributed by atoms with Crippen molar-refractivity contribution < 1.29 is 19.1 Å². The van der Waals surface area contributed by atoms with Gasteiger partial charge in [-0.1, -0.05) is 23.7 Å². The fourth-order valence-electron chi connectivity index (χ4n) is 2.88. The molecule has 0 bridgehead atoms. The summed E-state index contributed by atoms with van der Waals surface area (Å²) < 4.78 is 7.30. The van der Waals surface area contributed by atoms with Crippen LogP contribution in [0.15, 0.2) is 55.1 Å². The molecule has 0 aliphatic heterocycles. The van der Waals surface area contributed by atoms with E-state index in [1.54, 1.807) is 35.0 Å². The third-order valence-electron chi connectivity index (χ3n) is 4.12. The Kier molecular flexibility index (Phi) is 6.99. The molecule has 2 aromatic carbocycles. The highest BCUT2D eigenvalue weighted by atomic mass is 35.5. The number of nitrogens with zero attached hydrogens (tertiary/aromatic N) is 3. The van der Waals surface area contributed by atoms with Crippen molar-refractivity contribution in [3.05, 3.63) is 71.3 Å². The van der Waals surface area contributed by atoms with Crippen molar-refractivity contribution in [2.45, 2.75) is 26.5 Å². The average Bonchev–Trinajstić information content (AvgIpc) is 3.20. The summed E-state index contributed by atoms with van der Waals surface area (Å²) >= 11 is 5.97. The Bertz CT molecular complexity index is 1050. The smallest absolute Gasteiger partial charge is 0.338 e. The van der Waals surface area contributed by atoms with E-state index in [-0.39, 0.29) is 23.9 Å². The lowest BCUT2D eigenvalue weighted by Gasteiger charge is -2.19. The lowest BCUT2D eigenvalue weighted by atomic mass is 10.1. The van der Waals surface area contributed by atoms with Gasteiger partial charge in [-0.25, -0.2) is 14.5 Å². The highest BCUT2D eigenvalue weighted by Crippen LogP contribution is 2.25. The number of carbonyl (C=O) groups excluding carboxylic acids is 3. The molecular weight excluding hydrogens is 422 g/mol. The van der Waals surface area contributed by atoms with Crippen LogP contribution in [0.25, 0.3) is 0 Å². The first-order chi connectivity index (χ1) is 14.8. The number of halogens is 1. The van der Waals surface area contributed by atoms with E-state index in [1.807, 2.05) is 0 Å². The number of aromatic nitrogens is 3. The second-order valence-electron chi connectivity index (χ2n) is 6.72. The first-order valence-corrected chi connectivity index (χ1v) is 9.67. The zero-order valence-electron chi connectivity index (χ0n) is 16.8. The SMILES string of the molecule is CC(=O)Nc1cc(NC(C)=O)cc(C(=O)OC(Cn2cncn2)c2ccc(Cl)cc2)c1. The van der Waals surface area contributed by atoms with Gasteiger partial charge in [-0.15, -0.1) is 0 Å². The second-order valence-corrected chi connectivity index (χ2v) is 7.16. The van der Waals surface area contributed by atoms with Crippen molar-refractivity contribution >= 4 is 40.8 Å². The summed E-state index contributed by atoms with van der Waals surface area (Å²) in [5, 5.41) is 9.83. The standard InChI is InChI=1S/C21H20ClN5O4/c1-13(28)25-18-7-16(8-19(9-18)26-14(2)29)21(30)31-20(10-27-12-23-11-24-27)15-3-5-17(22)6-4-15/h3-9,11-12,20H,10H2,1-2H3,(H,25,28)(H,26,29). The van der Waals surface area contributed by atoms with E-state index in [4.69, 9.17) is 16.3 Å². The Labute approximate surface area is 183 Å². The molecule has 3 aromatic rings. The van der Waals surface area contributed by atoms with E-state index in [1.165, 1.54) is 38.6 Å². The van der Waals surface area contributed by atoms with Crippen molar-refractivity contribution in [2.24, 2.45) is 0 Å².